The molecular weight excluding hydrogens is 256 g/mol. The topological polar surface area (TPSA) is 127 Å². The lowest BCUT2D eigenvalue weighted by Crippen LogP contribution is -2.24. The molecule has 0 aliphatic carbocycles. The standard InChI is InChI=1S/C9H12N6O2S/c1-6-2-3-8(7(10)4-6)18(16,17)11-5-9-12-14-15-13-9/h2-4,11H,5,10H2,1H3,(H,12,13,14,15). The molecule has 0 radical (unpaired) electrons. The van der Waals surface area contributed by atoms with Crippen molar-refractivity contribution in [2.75, 3.05) is 5.73 Å². The van der Waals surface area contributed by atoms with E-state index in [-0.39, 0.29) is 23.0 Å². The van der Waals surface area contributed by atoms with E-state index in [1.807, 2.05) is 6.92 Å². The first kappa shape index (κ1) is 12.5. The zero-order valence-electron chi connectivity index (χ0n) is 9.58. The second kappa shape index (κ2) is 4.70. The molecule has 0 amide bonds. The molecule has 0 saturated heterocycles. The maximum atomic E-state index is 12.0. The second-order valence-electron chi connectivity index (χ2n) is 3.69. The van der Waals surface area contributed by atoms with Crippen LogP contribution < -0.4 is 10.5 Å². The first-order valence-corrected chi connectivity index (χ1v) is 6.55. The van der Waals surface area contributed by atoms with Gasteiger partial charge in [-0.3, -0.25) is 0 Å². The summed E-state index contributed by atoms with van der Waals surface area (Å²) in [5.41, 5.74) is 6.78. The van der Waals surface area contributed by atoms with Crippen LogP contribution in [0.15, 0.2) is 23.1 Å². The number of benzene rings is 1. The number of hydrogen-bond acceptors (Lipinski definition) is 6. The van der Waals surface area contributed by atoms with Crippen LogP contribution in [0.2, 0.25) is 0 Å². The van der Waals surface area contributed by atoms with Crippen LogP contribution in [-0.2, 0) is 16.6 Å². The van der Waals surface area contributed by atoms with Crippen LogP contribution in [0.1, 0.15) is 11.4 Å². The molecule has 96 valence electrons. The van der Waals surface area contributed by atoms with E-state index in [0.717, 1.165) is 5.56 Å². The van der Waals surface area contributed by atoms with Crippen molar-refractivity contribution in [1.29, 1.82) is 0 Å². The highest BCUT2D eigenvalue weighted by Crippen LogP contribution is 2.19. The number of rotatable bonds is 4. The van der Waals surface area contributed by atoms with Gasteiger partial charge in [0.05, 0.1) is 12.2 Å². The molecule has 0 aliphatic heterocycles. The lowest BCUT2D eigenvalue weighted by Gasteiger charge is -2.08. The molecule has 0 unspecified atom stereocenters. The number of nitrogens with zero attached hydrogens (tertiary/aromatic N) is 3. The van der Waals surface area contributed by atoms with E-state index in [1.54, 1.807) is 12.1 Å². The minimum atomic E-state index is -3.68. The molecule has 18 heavy (non-hydrogen) atoms. The van der Waals surface area contributed by atoms with Crippen molar-refractivity contribution in [3.8, 4) is 0 Å². The highest BCUT2D eigenvalue weighted by molar-refractivity contribution is 7.89. The van der Waals surface area contributed by atoms with Crippen molar-refractivity contribution >= 4 is 15.7 Å². The Morgan fingerprint density at radius 2 is 2.22 bits per heavy atom. The van der Waals surface area contributed by atoms with Gasteiger partial charge < -0.3 is 5.73 Å². The molecule has 8 nitrogen and oxygen atoms in total. The first-order chi connectivity index (χ1) is 8.49. The van der Waals surface area contributed by atoms with Crippen LogP contribution in [0.5, 0.6) is 0 Å². The minimum absolute atomic E-state index is 0.0385. The summed E-state index contributed by atoms with van der Waals surface area (Å²) < 4.78 is 26.3. The lowest BCUT2D eigenvalue weighted by molar-refractivity contribution is 0.579. The molecule has 2 aromatic rings. The Kier molecular flexibility index (Phi) is 3.26. The Balaban J connectivity index is 2.20. The molecule has 0 saturated carbocycles. The van der Waals surface area contributed by atoms with Crippen LogP contribution in [0.25, 0.3) is 0 Å². The largest absolute Gasteiger partial charge is 0.398 e. The van der Waals surface area contributed by atoms with Crippen LogP contribution in [0.3, 0.4) is 0 Å². The van der Waals surface area contributed by atoms with Crippen molar-refractivity contribution in [3.63, 3.8) is 0 Å². The Morgan fingerprint density at radius 3 is 2.83 bits per heavy atom. The van der Waals surface area contributed by atoms with Crippen LogP contribution >= 0.6 is 0 Å². The van der Waals surface area contributed by atoms with Crippen LogP contribution in [0, 0.1) is 6.92 Å². The summed E-state index contributed by atoms with van der Waals surface area (Å²) in [4.78, 5) is 0.0385. The maximum Gasteiger partial charge on any atom is 0.243 e. The fourth-order valence-corrected chi connectivity index (χ4v) is 2.50. The second-order valence-corrected chi connectivity index (χ2v) is 5.43. The Hall–Kier alpha value is -2.00. The number of hydrogen-bond donors (Lipinski definition) is 3. The van der Waals surface area contributed by atoms with E-state index in [9.17, 15) is 8.42 Å². The van der Waals surface area contributed by atoms with Gasteiger partial charge in [0.25, 0.3) is 0 Å². The van der Waals surface area contributed by atoms with Gasteiger partial charge in [-0.25, -0.2) is 13.1 Å². The molecular formula is C9H12N6O2S. The lowest BCUT2D eigenvalue weighted by atomic mass is 10.2. The molecule has 0 aliphatic rings. The third-order valence-corrected chi connectivity index (χ3v) is 3.74. The molecule has 0 spiro atoms. The Morgan fingerprint density at radius 1 is 1.44 bits per heavy atom. The third-order valence-electron chi connectivity index (χ3n) is 2.26. The summed E-state index contributed by atoms with van der Waals surface area (Å²) >= 11 is 0. The van der Waals surface area contributed by atoms with Gasteiger partial charge in [-0.05, 0) is 24.6 Å². The van der Waals surface area contributed by atoms with Crippen molar-refractivity contribution < 1.29 is 8.42 Å². The van der Waals surface area contributed by atoms with E-state index < -0.39 is 10.0 Å². The van der Waals surface area contributed by atoms with Gasteiger partial charge in [-0.15, -0.1) is 10.2 Å². The van der Waals surface area contributed by atoms with E-state index >= 15 is 0 Å². The monoisotopic (exact) mass is 268 g/mol. The fourth-order valence-electron chi connectivity index (χ4n) is 1.41. The van der Waals surface area contributed by atoms with Crippen LogP contribution in [-0.4, -0.2) is 29.0 Å². The number of H-pyrrole nitrogens is 1. The highest BCUT2D eigenvalue weighted by atomic mass is 32.2. The number of nitrogens with one attached hydrogen (secondary N) is 2. The van der Waals surface area contributed by atoms with Crippen molar-refractivity contribution in [3.05, 3.63) is 29.6 Å². The SMILES string of the molecule is Cc1ccc(S(=O)(=O)NCc2nn[nH]n2)c(N)c1. The smallest absolute Gasteiger partial charge is 0.243 e. The normalized spacial score (nSPS) is 11.6. The summed E-state index contributed by atoms with van der Waals surface area (Å²) in [6, 6.07) is 4.74. The average molecular weight is 268 g/mol. The number of sulfonamides is 1. The van der Waals surface area contributed by atoms with Gasteiger partial charge in [0, 0.05) is 0 Å². The summed E-state index contributed by atoms with van der Waals surface area (Å²) in [5.74, 6) is 0.254. The molecule has 2 rings (SSSR count). The van der Waals surface area contributed by atoms with Gasteiger partial charge in [-0.2, -0.15) is 5.21 Å². The molecule has 4 N–H and O–H groups in total. The van der Waals surface area contributed by atoms with E-state index in [1.165, 1.54) is 6.07 Å². The van der Waals surface area contributed by atoms with Crippen molar-refractivity contribution in [1.82, 2.24) is 25.3 Å². The van der Waals surface area contributed by atoms with E-state index in [2.05, 4.69) is 25.3 Å². The predicted octanol–water partition coefficient (Wildman–Crippen LogP) is -0.431. The molecule has 1 aromatic carbocycles. The molecule has 0 bridgehead atoms. The van der Waals surface area contributed by atoms with Crippen molar-refractivity contribution in [2.24, 2.45) is 0 Å². The Labute approximate surface area is 104 Å². The fraction of sp³-hybridized carbons (Fsp3) is 0.222. The van der Waals surface area contributed by atoms with Gasteiger partial charge in [0.15, 0.2) is 5.82 Å². The summed E-state index contributed by atoms with van der Waals surface area (Å²) in [5, 5.41) is 12.9. The van der Waals surface area contributed by atoms with Crippen LogP contribution in [0.4, 0.5) is 5.69 Å². The van der Waals surface area contributed by atoms with Gasteiger partial charge >= 0.3 is 0 Å². The Bertz CT molecular complexity index is 637. The summed E-state index contributed by atoms with van der Waals surface area (Å²) in [7, 11) is -3.68. The third kappa shape index (κ3) is 2.63. The van der Waals surface area contributed by atoms with Gasteiger partial charge in [0.1, 0.15) is 4.90 Å². The number of aryl methyl sites for hydroxylation is 1. The zero-order valence-corrected chi connectivity index (χ0v) is 10.4. The van der Waals surface area contributed by atoms with Crippen molar-refractivity contribution in [2.45, 2.75) is 18.4 Å². The summed E-state index contributed by atoms with van der Waals surface area (Å²) in [6.45, 7) is 1.78. The molecule has 0 fully saturated rings. The predicted molar refractivity (Wildman–Crippen MR) is 63.8 cm³/mol. The zero-order chi connectivity index (χ0) is 13.2. The molecule has 1 aromatic heterocycles. The number of nitrogens with two attached hydrogens (primary N) is 1. The summed E-state index contributed by atoms with van der Waals surface area (Å²) in [6.07, 6.45) is 0. The quantitative estimate of drug-likeness (QED) is 0.646. The van der Waals surface area contributed by atoms with Gasteiger partial charge in [0.2, 0.25) is 10.0 Å². The average Bonchev–Trinajstić information content (AvgIpc) is 2.78. The molecule has 0 atom stereocenters. The highest BCUT2D eigenvalue weighted by Gasteiger charge is 2.17. The molecule has 1 heterocycles. The molecule has 9 heteroatoms. The number of anilines is 1. The minimum Gasteiger partial charge on any atom is -0.398 e. The van der Waals surface area contributed by atoms with Gasteiger partial charge in [-0.1, -0.05) is 11.3 Å². The van der Waals surface area contributed by atoms with E-state index in [4.69, 9.17) is 5.73 Å². The number of aromatic nitrogens is 4. The number of nitrogen functional groups attached to an aromatic ring is 1. The number of tetrazole rings is 1. The number of aromatic amines is 1. The first-order valence-electron chi connectivity index (χ1n) is 5.07. The van der Waals surface area contributed by atoms with E-state index in [0.29, 0.717) is 0 Å². The maximum absolute atomic E-state index is 12.0.